The number of hydrogen-bond donors (Lipinski definition) is 0. The van der Waals surface area contributed by atoms with E-state index in [1.54, 1.807) is 18.2 Å². The van der Waals surface area contributed by atoms with Crippen molar-refractivity contribution in [2.45, 2.75) is 45.4 Å². The van der Waals surface area contributed by atoms with Crippen LogP contribution in [-0.4, -0.2) is 30.6 Å². The van der Waals surface area contributed by atoms with Crippen LogP contribution in [0.1, 0.15) is 38.1 Å². The van der Waals surface area contributed by atoms with Gasteiger partial charge < -0.3 is 18.9 Å². The summed E-state index contributed by atoms with van der Waals surface area (Å²) < 4.78 is 23.8. The molecule has 0 N–H and O–H groups in total. The molecule has 1 fully saturated rings. The van der Waals surface area contributed by atoms with Crippen LogP contribution in [0.3, 0.4) is 0 Å². The number of ether oxygens (including phenoxy) is 4. The first-order valence-corrected chi connectivity index (χ1v) is 7.27. The highest BCUT2D eigenvalue weighted by atomic mass is 16.8. The molecule has 0 saturated carbocycles. The van der Waals surface area contributed by atoms with Gasteiger partial charge in [0.15, 0.2) is 24.4 Å². The molecule has 0 aliphatic carbocycles. The number of hydrogen-bond acceptors (Lipinski definition) is 5. The van der Waals surface area contributed by atoms with Crippen LogP contribution in [-0.2, 0) is 9.47 Å². The Kier molecular flexibility index (Phi) is 3.50. The molecule has 1 aromatic carbocycles. The van der Waals surface area contributed by atoms with E-state index in [-0.39, 0.29) is 6.61 Å². The largest absolute Gasteiger partial charge is 0.483 e. The third kappa shape index (κ3) is 2.40. The van der Waals surface area contributed by atoms with Crippen molar-refractivity contribution in [3.8, 4) is 11.5 Å². The molecule has 1 aromatic rings. The highest BCUT2D eigenvalue weighted by Gasteiger charge is 2.60. The van der Waals surface area contributed by atoms with Crippen molar-refractivity contribution < 1.29 is 23.7 Å². The Labute approximate surface area is 129 Å². The monoisotopic (exact) mass is 304 g/mol. The average molecular weight is 304 g/mol. The van der Waals surface area contributed by atoms with E-state index in [9.17, 15) is 4.79 Å². The summed E-state index contributed by atoms with van der Waals surface area (Å²) in [5.74, 6) is 0.0460. The number of fused-ring (bicyclic) bond motifs is 1. The SMILES string of the molecule is CC(C)=C[C@@H]1OC(C)(C)[C@]2(COc3ccc(C=O)cc3O2)O1. The minimum absolute atomic E-state index is 0.223. The Morgan fingerprint density at radius 1 is 1.23 bits per heavy atom. The lowest BCUT2D eigenvalue weighted by Gasteiger charge is -2.40. The summed E-state index contributed by atoms with van der Waals surface area (Å²) in [5.41, 5.74) is 0.925. The second-order valence-corrected chi connectivity index (χ2v) is 6.33. The van der Waals surface area contributed by atoms with Gasteiger partial charge in [0.05, 0.1) is 0 Å². The zero-order valence-corrected chi connectivity index (χ0v) is 13.2. The number of aldehydes is 1. The molecule has 0 unspecified atom stereocenters. The van der Waals surface area contributed by atoms with E-state index in [2.05, 4.69) is 0 Å². The van der Waals surface area contributed by atoms with Gasteiger partial charge in [-0.25, -0.2) is 0 Å². The van der Waals surface area contributed by atoms with Crippen molar-refractivity contribution in [1.29, 1.82) is 0 Å². The van der Waals surface area contributed by atoms with E-state index in [0.29, 0.717) is 17.1 Å². The Balaban J connectivity index is 1.94. The predicted octanol–water partition coefficient (Wildman–Crippen LogP) is 3.08. The number of benzene rings is 1. The Bertz CT molecular complexity index is 630. The highest BCUT2D eigenvalue weighted by molar-refractivity contribution is 5.76. The summed E-state index contributed by atoms with van der Waals surface area (Å²) in [6.45, 7) is 8.00. The summed E-state index contributed by atoms with van der Waals surface area (Å²) in [4.78, 5) is 10.9. The first-order chi connectivity index (χ1) is 10.4. The zero-order valence-electron chi connectivity index (χ0n) is 13.2. The van der Waals surface area contributed by atoms with Gasteiger partial charge in [-0.1, -0.05) is 5.57 Å². The second kappa shape index (κ2) is 5.11. The van der Waals surface area contributed by atoms with Crippen LogP contribution in [0.25, 0.3) is 0 Å². The highest BCUT2D eigenvalue weighted by Crippen LogP contribution is 2.46. The van der Waals surface area contributed by atoms with Gasteiger partial charge in [0.1, 0.15) is 11.9 Å². The second-order valence-electron chi connectivity index (χ2n) is 6.33. The van der Waals surface area contributed by atoms with Crippen molar-refractivity contribution in [2.24, 2.45) is 0 Å². The molecule has 2 heterocycles. The van der Waals surface area contributed by atoms with Crippen molar-refractivity contribution in [3.05, 3.63) is 35.4 Å². The van der Waals surface area contributed by atoms with Crippen LogP contribution < -0.4 is 9.47 Å². The summed E-state index contributed by atoms with van der Waals surface area (Å²) in [5, 5.41) is 0. The van der Waals surface area contributed by atoms with E-state index >= 15 is 0 Å². The van der Waals surface area contributed by atoms with Gasteiger partial charge in [0.2, 0.25) is 0 Å². The minimum Gasteiger partial charge on any atom is -0.483 e. The van der Waals surface area contributed by atoms with Crippen LogP contribution in [0.15, 0.2) is 29.8 Å². The molecule has 2 aliphatic rings. The van der Waals surface area contributed by atoms with Gasteiger partial charge in [-0.05, 0) is 52.0 Å². The van der Waals surface area contributed by atoms with Crippen LogP contribution in [0, 0.1) is 0 Å². The molecule has 2 atom stereocenters. The normalized spacial score (nSPS) is 28.5. The van der Waals surface area contributed by atoms with Crippen molar-refractivity contribution >= 4 is 6.29 Å². The maximum atomic E-state index is 10.9. The minimum atomic E-state index is -1.04. The molecule has 1 saturated heterocycles. The maximum Gasteiger partial charge on any atom is 0.276 e. The zero-order chi connectivity index (χ0) is 16.0. The molecule has 0 bridgehead atoms. The number of carbonyl (C=O) groups excluding carboxylic acids is 1. The number of allylic oxidation sites excluding steroid dienone is 1. The van der Waals surface area contributed by atoms with E-state index in [4.69, 9.17) is 18.9 Å². The molecule has 0 radical (unpaired) electrons. The van der Waals surface area contributed by atoms with Crippen LogP contribution in [0.4, 0.5) is 0 Å². The molecule has 22 heavy (non-hydrogen) atoms. The molecule has 1 spiro atoms. The lowest BCUT2D eigenvalue weighted by molar-refractivity contribution is -0.216. The van der Waals surface area contributed by atoms with Gasteiger partial charge in [0.25, 0.3) is 5.79 Å². The molecule has 5 nitrogen and oxygen atoms in total. The van der Waals surface area contributed by atoms with Gasteiger partial charge >= 0.3 is 0 Å². The summed E-state index contributed by atoms with van der Waals surface area (Å²) in [6, 6.07) is 5.07. The smallest absolute Gasteiger partial charge is 0.276 e. The fourth-order valence-electron chi connectivity index (χ4n) is 2.61. The first kappa shape index (κ1) is 15.1. The van der Waals surface area contributed by atoms with E-state index in [1.165, 1.54) is 0 Å². The van der Waals surface area contributed by atoms with Crippen molar-refractivity contribution in [1.82, 2.24) is 0 Å². The maximum absolute atomic E-state index is 10.9. The van der Waals surface area contributed by atoms with Crippen molar-refractivity contribution in [3.63, 3.8) is 0 Å². The lowest BCUT2D eigenvalue weighted by Crippen LogP contribution is -2.58. The molecule has 5 heteroatoms. The summed E-state index contributed by atoms with van der Waals surface area (Å²) in [6.07, 6.45) is 2.19. The van der Waals surface area contributed by atoms with Crippen LogP contribution in [0.5, 0.6) is 11.5 Å². The summed E-state index contributed by atoms with van der Waals surface area (Å²) >= 11 is 0. The Morgan fingerprint density at radius 3 is 2.68 bits per heavy atom. The first-order valence-electron chi connectivity index (χ1n) is 7.27. The van der Waals surface area contributed by atoms with Crippen LogP contribution >= 0.6 is 0 Å². The molecular formula is C17H20O5. The number of rotatable bonds is 2. The van der Waals surface area contributed by atoms with Gasteiger partial charge in [0, 0.05) is 5.56 Å². The molecular weight excluding hydrogens is 284 g/mol. The Morgan fingerprint density at radius 2 is 2.00 bits per heavy atom. The predicted molar refractivity (Wildman–Crippen MR) is 80.2 cm³/mol. The van der Waals surface area contributed by atoms with E-state index < -0.39 is 17.7 Å². The lowest BCUT2D eigenvalue weighted by atomic mass is 9.97. The summed E-state index contributed by atoms with van der Waals surface area (Å²) in [7, 11) is 0. The molecule has 0 aromatic heterocycles. The third-order valence-corrected chi connectivity index (χ3v) is 3.90. The Hall–Kier alpha value is -1.85. The topological polar surface area (TPSA) is 54.0 Å². The number of carbonyl (C=O) groups is 1. The van der Waals surface area contributed by atoms with Gasteiger partial charge in [-0.2, -0.15) is 0 Å². The molecule has 0 amide bonds. The van der Waals surface area contributed by atoms with E-state index in [1.807, 2.05) is 33.8 Å². The van der Waals surface area contributed by atoms with Gasteiger partial charge in [-0.3, -0.25) is 4.79 Å². The van der Waals surface area contributed by atoms with Crippen LogP contribution in [0.2, 0.25) is 0 Å². The standard InChI is InChI=1S/C17H20O5/c1-11(2)7-15-21-16(3,4)17(22-15)10-19-13-6-5-12(9-18)8-14(13)20-17/h5-9,15H,10H2,1-4H3/t15-,17+/m1/s1. The average Bonchev–Trinajstić information content (AvgIpc) is 2.67. The molecule has 2 aliphatic heterocycles. The fraction of sp³-hybridized carbons (Fsp3) is 0.471. The quantitative estimate of drug-likeness (QED) is 0.621. The fourth-order valence-corrected chi connectivity index (χ4v) is 2.61. The van der Waals surface area contributed by atoms with Crippen molar-refractivity contribution in [2.75, 3.05) is 6.61 Å². The molecule has 3 rings (SSSR count). The van der Waals surface area contributed by atoms with Gasteiger partial charge in [-0.15, -0.1) is 0 Å². The third-order valence-electron chi connectivity index (χ3n) is 3.90. The molecule has 118 valence electrons. The van der Waals surface area contributed by atoms with E-state index in [0.717, 1.165) is 11.9 Å².